The Morgan fingerprint density at radius 1 is 1.00 bits per heavy atom. The van der Waals surface area contributed by atoms with Gasteiger partial charge in [0.1, 0.15) is 18.1 Å². The Bertz CT molecular complexity index is 855. The minimum atomic E-state index is -0.973. The van der Waals surface area contributed by atoms with E-state index < -0.39 is 5.97 Å². The smallest absolute Gasteiger partial charge is 0.335 e. The summed E-state index contributed by atoms with van der Waals surface area (Å²) in [5, 5.41) is 11.3. The topological polar surface area (TPSA) is 55.8 Å². The highest BCUT2D eigenvalue weighted by molar-refractivity contribution is 5.88. The first-order chi connectivity index (χ1) is 11.2. The maximum atomic E-state index is 11.1. The molecule has 0 amide bonds. The van der Waals surface area contributed by atoms with Crippen LogP contribution < -0.4 is 9.47 Å². The van der Waals surface area contributed by atoms with E-state index in [1.54, 1.807) is 19.2 Å². The predicted molar refractivity (Wildman–Crippen MR) is 88.2 cm³/mol. The van der Waals surface area contributed by atoms with Gasteiger partial charge in [-0.05, 0) is 41.1 Å². The van der Waals surface area contributed by atoms with Crippen LogP contribution in [0.4, 0.5) is 0 Å². The van der Waals surface area contributed by atoms with Crippen molar-refractivity contribution in [2.45, 2.75) is 6.61 Å². The third-order valence-electron chi connectivity index (χ3n) is 3.64. The largest absolute Gasteiger partial charge is 0.496 e. The first-order valence-corrected chi connectivity index (χ1v) is 7.19. The van der Waals surface area contributed by atoms with Crippen LogP contribution in [0.2, 0.25) is 0 Å². The van der Waals surface area contributed by atoms with E-state index in [-0.39, 0.29) is 12.2 Å². The van der Waals surface area contributed by atoms with Gasteiger partial charge in [0, 0.05) is 5.56 Å². The summed E-state index contributed by atoms with van der Waals surface area (Å²) in [6, 6.07) is 18.6. The molecule has 0 aliphatic rings. The molecule has 1 N–H and O–H groups in total. The second-order valence-electron chi connectivity index (χ2n) is 5.13. The molecule has 0 aliphatic heterocycles. The highest BCUT2D eigenvalue weighted by atomic mass is 16.5. The van der Waals surface area contributed by atoms with Gasteiger partial charge in [0.25, 0.3) is 0 Å². The number of fused-ring (bicyclic) bond motifs is 1. The summed E-state index contributed by atoms with van der Waals surface area (Å²) < 4.78 is 11.1. The van der Waals surface area contributed by atoms with Crippen molar-refractivity contribution in [1.82, 2.24) is 0 Å². The van der Waals surface area contributed by atoms with Crippen molar-refractivity contribution in [2.75, 3.05) is 7.11 Å². The summed E-state index contributed by atoms with van der Waals surface area (Å²) in [6.45, 7) is 0.239. The fourth-order valence-electron chi connectivity index (χ4n) is 2.44. The second-order valence-corrected chi connectivity index (χ2v) is 5.13. The number of hydrogen-bond acceptors (Lipinski definition) is 3. The summed E-state index contributed by atoms with van der Waals surface area (Å²) in [7, 11) is 1.55. The SMILES string of the molecule is COc1ccc(C(=O)O)cc1COc1ccc2ccccc2c1. The second kappa shape index (κ2) is 6.40. The van der Waals surface area contributed by atoms with Gasteiger partial charge in [0.05, 0.1) is 12.7 Å². The zero-order valence-corrected chi connectivity index (χ0v) is 12.7. The number of carboxylic acids is 1. The number of benzene rings is 3. The van der Waals surface area contributed by atoms with E-state index in [4.69, 9.17) is 14.6 Å². The maximum Gasteiger partial charge on any atom is 0.335 e. The molecular formula is C19H16O4. The maximum absolute atomic E-state index is 11.1. The molecule has 3 aromatic rings. The van der Waals surface area contributed by atoms with Crippen LogP contribution in [0.5, 0.6) is 11.5 Å². The molecule has 0 atom stereocenters. The Balaban J connectivity index is 1.83. The van der Waals surface area contributed by atoms with Gasteiger partial charge in [-0.2, -0.15) is 0 Å². The molecular weight excluding hydrogens is 292 g/mol. The predicted octanol–water partition coefficient (Wildman–Crippen LogP) is 4.13. The lowest BCUT2D eigenvalue weighted by Crippen LogP contribution is -2.03. The molecule has 116 valence electrons. The van der Waals surface area contributed by atoms with E-state index in [1.165, 1.54) is 6.07 Å². The number of rotatable bonds is 5. The minimum Gasteiger partial charge on any atom is -0.496 e. The lowest BCUT2D eigenvalue weighted by Gasteiger charge is -2.11. The van der Waals surface area contributed by atoms with Crippen molar-refractivity contribution >= 4 is 16.7 Å². The highest BCUT2D eigenvalue weighted by Gasteiger charge is 2.10. The van der Waals surface area contributed by atoms with Crippen molar-refractivity contribution in [1.29, 1.82) is 0 Å². The molecule has 0 aliphatic carbocycles. The summed E-state index contributed by atoms with van der Waals surface area (Å²) in [5.41, 5.74) is 0.906. The van der Waals surface area contributed by atoms with Crippen molar-refractivity contribution in [3.8, 4) is 11.5 Å². The van der Waals surface area contributed by atoms with Crippen LogP contribution in [-0.4, -0.2) is 18.2 Å². The number of hydrogen-bond donors (Lipinski definition) is 1. The summed E-state index contributed by atoms with van der Waals surface area (Å²) in [4.78, 5) is 11.1. The van der Waals surface area contributed by atoms with E-state index in [0.717, 1.165) is 16.5 Å². The van der Waals surface area contributed by atoms with E-state index in [2.05, 4.69) is 0 Å². The fraction of sp³-hybridized carbons (Fsp3) is 0.105. The zero-order chi connectivity index (χ0) is 16.2. The van der Waals surface area contributed by atoms with Crippen LogP contribution in [0.3, 0.4) is 0 Å². The molecule has 23 heavy (non-hydrogen) atoms. The van der Waals surface area contributed by atoms with Crippen LogP contribution in [0.15, 0.2) is 60.7 Å². The summed E-state index contributed by atoms with van der Waals surface area (Å²) >= 11 is 0. The van der Waals surface area contributed by atoms with Crippen LogP contribution in [0.25, 0.3) is 10.8 Å². The van der Waals surface area contributed by atoms with Crippen LogP contribution in [-0.2, 0) is 6.61 Å². The number of aromatic carboxylic acids is 1. The standard InChI is InChI=1S/C19H16O4/c1-22-18-9-7-15(19(20)21)10-16(18)12-23-17-8-6-13-4-2-3-5-14(13)11-17/h2-11H,12H2,1H3,(H,20,21). The monoisotopic (exact) mass is 308 g/mol. The third-order valence-corrected chi connectivity index (χ3v) is 3.64. The number of carbonyl (C=O) groups is 1. The van der Waals surface area contributed by atoms with Gasteiger partial charge in [0.2, 0.25) is 0 Å². The molecule has 0 saturated heterocycles. The Labute approximate surface area is 133 Å². The molecule has 0 radical (unpaired) electrons. The van der Waals surface area contributed by atoms with Crippen LogP contribution in [0.1, 0.15) is 15.9 Å². The van der Waals surface area contributed by atoms with Gasteiger partial charge in [-0.3, -0.25) is 0 Å². The molecule has 0 bridgehead atoms. The lowest BCUT2D eigenvalue weighted by molar-refractivity contribution is 0.0696. The van der Waals surface area contributed by atoms with Crippen LogP contribution in [0, 0.1) is 0 Å². The summed E-state index contributed by atoms with van der Waals surface area (Å²) in [6.07, 6.45) is 0. The average molecular weight is 308 g/mol. The molecule has 4 heteroatoms. The first-order valence-electron chi connectivity index (χ1n) is 7.19. The Morgan fingerprint density at radius 2 is 1.78 bits per heavy atom. The molecule has 4 nitrogen and oxygen atoms in total. The number of methoxy groups -OCH3 is 1. The molecule has 0 spiro atoms. The third kappa shape index (κ3) is 3.26. The van der Waals surface area contributed by atoms with Crippen molar-refractivity contribution < 1.29 is 19.4 Å². The zero-order valence-electron chi connectivity index (χ0n) is 12.7. The van der Waals surface area contributed by atoms with Gasteiger partial charge in [-0.25, -0.2) is 4.79 Å². The Kier molecular flexibility index (Phi) is 4.15. The molecule has 0 unspecified atom stereocenters. The van der Waals surface area contributed by atoms with E-state index in [0.29, 0.717) is 11.3 Å². The molecule has 0 fully saturated rings. The Morgan fingerprint density at radius 3 is 2.52 bits per heavy atom. The van der Waals surface area contributed by atoms with E-state index in [1.807, 2.05) is 42.5 Å². The first kappa shape index (κ1) is 14.9. The van der Waals surface area contributed by atoms with Gasteiger partial charge >= 0.3 is 5.97 Å². The quantitative estimate of drug-likeness (QED) is 0.770. The van der Waals surface area contributed by atoms with E-state index in [9.17, 15) is 4.79 Å². The van der Waals surface area contributed by atoms with E-state index >= 15 is 0 Å². The van der Waals surface area contributed by atoms with Crippen LogP contribution >= 0.6 is 0 Å². The van der Waals surface area contributed by atoms with Gasteiger partial charge < -0.3 is 14.6 Å². The van der Waals surface area contributed by atoms with Crippen molar-refractivity contribution in [2.24, 2.45) is 0 Å². The van der Waals surface area contributed by atoms with Crippen molar-refractivity contribution in [3.05, 3.63) is 71.8 Å². The molecule has 0 saturated carbocycles. The Hall–Kier alpha value is -3.01. The average Bonchev–Trinajstić information content (AvgIpc) is 2.59. The fourth-order valence-corrected chi connectivity index (χ4v) is 2.44. The van der Waals surface area contributed by atoms with Gasteiger partial charge in [-0.1, -0.05) is 30.3 Å². The molecule has 0 heterocycles. The number of carboxylic acid groups (broad SMARTS) is 1. The molecule has 3 aromatic carbocycles. The lowest BCUT2D eigenvalue weighted by atomic mass is 10.1. The van der Waals surface area contributed by atoms with Gasteiger partial charge in [-0.15, -0.1) is 0 Å². The van der Waals surface area contributed by atoms with Crippen molar-refractivity contribution in [3.63, 3.8) is 0 Å². The highest BCUT2D eigenvalue weighted by Crippen LogP contribution is 2.24. The molecule has 0 aromatic heterocycles. The minimum absolute atomic E-state index is 0.211. The summed E-state index contributed by atoms with van der Waals surface area (Å²) in [5.74, 6) is 0.363. The number of ether oxygens (including phenoxy) is 2. The van der Waals surface area contributed by atoms with Gasteiger partial charge in [0.15, 0.2) is 0 Å². The normalized spacial score (nSPS) is 10.5. The molecule has 3 rings (SSSR count).